The molecule has 0 N–H and O–H groups in total. The van der Waals surface area contributed by atoms with Gasteiger partial charge >= 0.3 is 11.9 Å². The van der Waals surface area contributed by atoms with E-state index in [1.807, 2.05) is 18.2 Å². The van der Waals surface area contributed by atoms with Crippen molar-refractivity contribution in [1.29, 1.82) is 0 Å². The maximum absolute atomic E-state index is 11.4. The average molecular weight is 266 g/mol. The minimum Gasteiger partial charge on any atom is -0.496 e. The Morgan fingerprint density at radius 2 is 1.53 bits per heavy atom. The van der Waals surface area contributed by atoms with Crippen LogP contribution in [0, 0.1) is 0 Å². The lowest BCUT2D eigenvalue weighted by molar-refractivity contribution is -0.143. The van der Waals surface area contributed by atoms with E-state index in [2.05, 4.69) is 9.47 Å². The monoisotopic (exact) mass is 266 g/mol. The number of methoxy groups -OCH3 is 3. The molecule has 5 heteroatoms. The fourth-order valence-electron chi connectivity index (χ4n) is 1.86. The number of para-hydroxylation sites is 1. The fourth-order valence-corrected chi connectivity index (χ4v) is 1.86. The summed E-state index contributed by atoms with van der Waals surface area (Å²) in [6.07, 6.45) is 0.206. The molecule has 0 amide bonds. The minimum atomic E-state index is -0.375. The molecule has 0 atom stereocenters. The SMILES string of the molecule is COC(=O)CC(CC(=O)OC)c1ccccc1OC. The molecule has 0 unspecified atom stereocenters. The van der Waals surface area contributed by atoms with Gasteiger partial charge in [0.1, 0.15) is 5.75 Å². The van der Waals surface area contributed by atoms with E-state index < -0.39 is 0 Å². The van der Waals surface area contributed by atoms with Crippen molar-refractivity contribution < 1.29 is 23.8 Å². The Morgan fingerprint density at radius 3 is 2.00 bits per heavy atom. The van der Waals surface area contributed by atoms with Crippen LogP contribution in [-0.4, -0.2) is 33.3 Å². The zero-order valence-corrected chi connectivity index (χ0v) is 11.3. The summed E-state index contributed by atoms with van der Waals surface area (Å²) in [6.45, 7) is 0. The molecule has 19 heavy (non-hydrogen) atoms. The molecule has 0 radical (unpaired) electrons. The van der Waals surface area contributed by atoms with E-state index in [1.165, 1.54) is 14.2 Å². The van der Waals surface area contributed by atoms with E-state index in [1.54, 1.807) is 13.2 Å². The van der Waals surface area contributed by atoms with E-state index >= 15 is 0 Å². The molecule has 0 spiro atoms. The van der Waals surface area contributed by atoms with Crippen molar-refractivity contribution in [3.05, 3.63) is 29.8 Å². The predicted octanol–water partition coefficient (Wildman–Crippen LogP) is 1.90. The molecule has 5 nitrogen and oxygen atoms in total. The largest absolute Gasteiger partial charge is 0.496 e. The molecule has 0 saturated carbocycles. The molecule has 104 valence electrons. The van der Waals surface area contributed by atoms with Gasteiger partial charge in [-0.25, -0.2) is 0 Å². The Morgan fingerprint density at radius 1 is 1.00 bits per heavy atom. The summed E-state index contributed by atoms with van der Waals surface area (Å²) < 4.78 is 14.6. The summed E-state index contributed by atoms with van der Waals surface area (Å²) in [6, 6.07) is 7.28. The zero-order valence-electron chi connectivity index (χ0n) is 11.3. The van der Waals surface area contributed by atoms with Crippen molar-refractivity contribution in [1.82, 2.24) is 0 Å². The van der Waals surface area contributed by atoms with Crippen molar-refractivity contribution >= 4 is 11.9 Å². The molecule has 1 aromatic carbocycles. The van der Waals surface area contributed by atoms with E-state index in [0.29, 0.717) is 5.75 Å². The second-order valence-electron chi connectivity index (χ2n) is 4.00. The maximum Gasteiger partial charge on any atom is 0.306 e. The Hall–Kier alpha value is -2.04. The number of rotatable bonds is 6. The van der Waals surface area contributed by atoms with Gasteiger partial charge in [-0.2, -0.15) is 0 Å². The standard InChI is InChI=1S/C14H18O5/c1-17-12-7-5-4-6-11(12)10(8-13(15)18-2)9-14(16)19-3/h4-7,10H,8-9H2,1-3H3. The molecule has 0 fully saturated rings. The molecule has 1 rings (SSSR count). The van der Waals surface area contributed by atoms with Crippen LogP contribution in [0.3, 0.4) is 0 Å². The minimum absolute atomic E-state index is 0.103. The Balaban J connectivity index is 3.00. The van der Waals surface area contributed by atoms with Gasteiger partial charge in [0.25, 0.3) is 0 Å². The number of benzene rings is 1. The van der Waals surface area contributed by atoms with Crippen molar-refractivity contribution in [3.63, 3.8) is 0 Å². The molecule has 0 aliphatic heterocycles. The summed E-state index contributed by atoms with van der Waals surface area (Å²) in [5.74, 6) is -0.434. The highest BCUT2D eigenvalue weighted by atomic mass is 16.5. The second kappa shape index (κ2) is 7.41. The average Bonchev–Trinajstić information content (AvgIpc) is 2.46. The molecule has 1 aromatic rings. The number of hydrogen-bond acceptors (Lipinski definition) is 5. The number of carbonyl (C=O) groups is 2. The number of ether oxygens (including phenoxy) is 3. The van der Waals surface area contributed by atoms with E-state index in [4.69, 9.17) is 4.74 Å². The first-order chi connectivity index (χ1) is 9.12. The van der Waals surface area contributed by atoms with Gasteiger partial charge in [0.05, 0.1) is 34.2 Å². The van der Waals surface area contributed by atoms with Crippen molar-refractivity contribution in [2.24, 2.45) is 0 Å². The third-order valence-electron chi connectivity index (χ3n) is 2.86. The van der Waals surface area contributed by atoms with Crippen LogP contribution in [-0.2, 0) is 19.1 Å². The Kier molecular flexibility index (Phi) is 5.85. The Bertz CT molecular complexity index is 423. The van der Waals surface area contributed by atoms with Gasteiger partial charge in [0, 0.05) is 5.92 Å². The van der Waals surface area contributed by atoms with Crippen molar-refractivity contribution in [2.45, 2.75) is 18.8 Å². The summed E-state index contributed by atoms with van der Waals surface area (Å²) in [7, 11) is 4.19. The first-order valence-corrected chi connectivity index (χ1v) is 5.88. The number of hydrogen-bond donors (Lipinski definition) is 0. The topological polar surface area (TPSA) is 61.8 Å². The van der Waals surface area contributed by atoms with E-state index in [-0.39, 0.29) is 30.7 Å². The highest BCUT2D eigenvalue weighted by Crippen LogP contribution is 2.31. The van der Waals surface area contributed by atoms with Crippen molar-refractivity contribution in [2.75, 3.05) is 21.3 Å². The number of esters is 2. The van der Waals surface area contributed by atoms with Crippen LogP contribution in [0.1, 0.15) is 24.3 Å². The molecule has 0 aromatic heterocycles. The van der Waals surface area contributed by atoms with Crippen LogP contribution in [0.4, 0.5) is 0 Å². The van der Waals surface area contributed by atoms with Crippen LogP contribution in [0.2, 0.25) is 0 Å². The molecule has 0 aliphatic rings. The van der Waals surface area contributed by atoms with Crippen LogP contribution in [0.15, 0.2) is 24.3 Å². The van der Waals surface area contributed by atoms with Crippen LogP contribution >= 0.6 is 0 Å². The summed E-state index contributed by atoms with van der Waals surface area (Å²) >= 11 is 0. The predicted molar refractivity (Wildman–Crippen MR) is 69.0 cm³/mol. The van der Waals surface area contributed by atoms with Gasteiger partial charge in [-0.1, -0.05) is 18.2 Å². The Labute approximate surface area is 112 Å². The quantitative estimate of drug-likeness (QED) is 0.736. The number of carbonyl (C=O) groups excluding carboxylic acids is 2. The highest BCUT2D eigenvalue weighted by Gasteiger charge is 2.23. The first-order valence-electron chi connectivity index (χ1n) is 5.88. The highest BCUT2D eigenvalue weighted by molar-refractivity contribution is 5.75. The summed E-state index contributed by atoms with van der Waals surface area (Å²) in [4.78, 5) is 22.9. The molecule has 0 bridgehead atoms. The van der Waals surface area contributed by atoms with Crippen LogP contribution < -0.4 is 4.74 Å². The second-order valence-corrected chi connectivity index (χ2v) is 4.00. The lowest BCUT2D eigenvalue weighted by atomic mass is 9.91. The fraction of sp³-hybridized carbons (Fsp3) is 0.429. The van der Waals surface area contributed by atoms with Gasteiger partial charge in [0.2, 0.25) is 0 Å². The van der Waals surface area contributed by atoms with Gasteiger partial charge in [-0.05, 0) is 11.6 Å². The maximum atomic E-state index is 11.4. The molecular formula is C14H18O5. The molecular weight excluding hydrogens is 248 g/mol. The van der Waals surface area contributed by atoms with Crippen LogP contribution in [0.25, 0.3) is 0 Å². The normalized spacial score (nSPS) is 10.1. The third-order valence-corrected chi connectivity index (χ3v) is 2.86. The van der Waals surface area contributed by atoms with Gasteiger partial charge in [0.15, 0.2) is 0 Å². The summed E-state index contributed by atoms with van der Waals surface area (Å²) in [5, 5.41) is 0. The van der Waals surface area contributed by atoms with Gasteiger partial charge < -0.3 is 14.2 Å². The van der Waals surface area contributed by atoms with Gasteiger partial charge in [-0.15, -0.1) is 0 Å². The molecule has 0 saturated heterocycles. The van der Waals surface area contributed by atoms with E-state index in [0.717, 1.165) is 5.56 Å². The first kappa shape index (κ1) is 15.0. The smallest absolute Gasteiger partial charge is 0.306 e. The van der Waals surface area contributed by atoms with Gasteiger partial charge in [-0.3, -0.25) is 9.59 Å². The van der Waals surface area contributed by atoms with Crippen molar-refractivity contribution in [3.8, 4) is 5.75 Å². The third kappa shape index (κ3) is 4.28. The summed E-state index contributed by atoms with van der Waals surface area (Å²) in [5.41, 5.74) is 0.792. The lowest BCUT2D eigenvalue weighted by Gasteiger charge is -2.17. The molecule has 0 heterocycles. The molecule has 0 aliphatic carbocycles. The zero-order chi connectivity index (χ0) is 14.3. The van der Waals surface area contributed by atoms with Crippen LogP contribution in [0.5, 0.6) is 5.75 Å². The lowest BCUT2D eigenvalue weighted by Crippen LogP contribution is -2.14. The van der Waals surface area contributed by atoms with E-state index in [9.17, 15) is 9.59 Å².